The zero-order valence-corrected chi connectivity index (χ0v) is 15.7. The summed E-state index contributed by atoms with van der Waals surface area (Å²) >= 11 is 0. The van der Waals surface area contributed by atoms with Crippen LogP contribution in [0.2, 0.25) is 0 Å². The Hall–Kier alpha value is -1.98. The average molecular weight is 367 g/mol. The molecule has 0 radical (unpaired) electrons. The molecule has 0 unspecified atom stereocenters. The lowest BCUT2D eigenvalue weighted by Crippen LogP contribution is -2.22. The Morgan fingerprint density at radius 3 is 2.76 bits per heavy atom. The Bertz CT molecular complexity index is 670. The first-order valence-electron chi connectivity index (χ1n) is 8.42. The van der Waals surface area contributed by atoms with Gasteiger partial charge >= 0.3 is 0 Å². The summed E-state index contributed by atoms with van der Waals surface area (Å²) in [6, 6.07) is 7.68. The molecule has 0 aliphatic heterocycles. The van der Waals surface area contributed by atoms with Crippen molar-refractivity contribution >= 4 is 18.3 Å². The molecule has 6 heteroatoms. The highest BCUT2D eigenvalue weighted by Gasteiger charge is 2.11. The molecule has 0 atom stereocenters. The minimum Gasteiger partial charge on any atom is -0.493 e. The summed E-state index contributed by atoms with van der Waals surface area (Å²) in [6.07, 6.45) is 4.78. The van der Waals surface area contributed by atoms with Crippen LogP contribution in [0.15, 0.2) is 34.9 Å². The first-order chi connectivity index (χ1) is 11.6. The van der Waals surface area contributed by atoms with Crippen molar-refractivity contribution in [3.05, 3.63) is 53.0 Å². The van der Waals surface area contributed by atoms with Crippen LogP contribution in [0.5, 0.6) is 5.75 Å². The Kier molecular flexibility index (Phi) is 9.10. The van der Waals surface area contributed by atoms with Gasteiger partial charge in [-0.05, 0) is 31.0 Å². The molecule has 5 nitrogen and oxygen atoms in total. The standard InChI is InChI=1S/C19H26N2O3.ClH/c1-3-4-5-8-23-18-9-14(2)6-7-15(18)12-21-19(22)16-10-17(11-20)24-13-16;/h6-7,9-10,13H,3-5,8,11-12,20H2,1-2H3,(H,21,22);1H. The molecule has 0 saturated heterocycles. The number of halogens is 1. The Labute approximate surface area is 155 Å². The molecule has 3 N–H and O–H groups in total. The number of carbonyl (C=O) groups excluding carboxylic acids is 1. The second-order valence-corrected chi connectivity index (χ2v) is 5.86. The summed E-state index contributed by atoms with van der Waals surface area (Å²) in [5, 5.41) is 2.89. The van der Waals surface area contributed by atoms with E-state index >= 15 is 0 Å². The summed E-state index contributed by atoms with van der Waals surface area (Å²) in [5.41, 5.74) is 8.07. The molecule has 1 heterocycles. The average Bonchev–Trinajstić information content (AvgIpc) is 3.07. The smallest absolute Gasteiger partial charge is 0.254 e. The van der Waals surface area contributed by atoms with Crippen molar-refractivity contribution in [2.45, 2.75) is 46.2 Å². The van der Waals surface area contributed by atoms with Crippen molar-refractivity contribution < 1.29 is 13.9 Å². The van der Waals surface area contributed by atoms with Crippen molar-refractivity contribution in [1.29, 1.82) is 0 Å². The van der Waals surface area contributed by atoms with E-state index < -0.39 is 0 Å². The van der Waals surface area contributed by atoms with Crippen molar-refractivity contribution in [1.82, 2.24) is 5.32 Å². The van der Waals surface area contributed by atoms with Gasteiger partial charge in [0.2, 0.25) is 0 Å². The van der Waals surface area contributed by atoms with Crippen LogP contribution in [0.3, 0.4) is 0 Å². The second-order valence-electron chi connectivity index (χ2n) is 5.86. The van der Waals surface area contributed by atoms with E-state index in [1.54, 1.807) is 6.07 Å². The normalized spacial score (nSPS) is 10.2. The van der Waals surface area contributed by atoms with E-state index in [2.05, 4.69) is 12.2 Å². The fourth-order valence-electron chi connectivity index (χ4n) is 2.36. The predicted octanol–water partition coefficient (Wildman–Crippen LogP) is 3.97. The van der Waals surface area contributed by atoms with E-state index in [-0.39, 0.29) is 24.9 Å². The topological polar surface area (TPSA) is 77.5 Å². The van der Waals surface area contributed by atoms with Crippen LogP contribution in [0.25, 0.3) is 0 Å². The largest absolute Gasteiger partial charge is 0.493 e. The summed E-state index contributed by atoms with van der Waals surface area (Å²) < 4.78 is 11.1. The highest BCUT2D eigenvalue weighted by atomic mass is 35.5. The van der Waals surface area contributed by atoms with Crippen molar-refractivity contribution in [2.24, 2.45) is 5.73 Å². The number of amides is 1. The number of hydrogen-bond donors (Lipinski definition) is 2. The highest BCUT2D eigenvalue weighted by molar-refractivity contribution is 5.93. The fraction of sp³-hybridized carbons (Fsp3) is 0.421. The molecule has 1 aromatic heterocycles. The van der Waals surface area contributed by atoms with Crippen molar-refractivity contribution in [3.63, 3.8) is 0 Å². The zero-order valence-electron chi connectivity index (χ0n) is 14.8. The molecule has 0 aliphatic carbocycles. The minimum atomic E-state index is -0.184. The van der Waals surface area contributed by atoms with Gasteiger partial charge in [-0.15, -0.1) is 12.4 Å². The molecule has 0 spiro atoms. The first-order valence-corrected chi connectivity index (χ1v) is 8.42. The van der Waals surface area contributed by atoms with Crippen molar-refractivity contribution in [2.75, 3.05) is 6.61 Å². The molecule has 2 rings (SSSR count). The number of rotatable bonds is 9. The Morgan fingerprint density at radius 2 is 2.08 bits per heavy atom. The molecule has 0 bridgehead atoms. The third-order valence-corrected chi connectivity index (χ3v) is 3.78. The number of carbonyl (C=O) groups is 1. The monoisotopic (exact) mass is 366 g/mol. The second kappa shape index (κ2) is 10.8. The number of ether oxygens (including phenoxy) is 1. The van der Waals surface area contributed by atoms with Crippen LogP contribution in [-0.2, 0) is 13.1 Å². The molecule has 0 saturated carbocycles. The van der Waals surface area contributed by atoms with Gasteiger partial charge in [-0.2, -0.15) is 0 Å². The Balaban J connectivity index is 0.00000312. The van der Waals surface area contributed by atoms with E-state index in [1.165, 1.54) is 6.26 Å². The van der Waals surface area contributed by atoms with Gasteiger partial charge in [0.15, 0.2) is 0 Å². The minimum absolute atomic E-state index is 0. The lowest BCUT2D eigenvalue weighted by molar-refractivity contribution is 0.0950. The Morgan fingerprint density at radius 1 is 1.28 bits per heavy atom. The number of aryl methyl sites for hydroxylation is 1. The summed E-state index contributed by atoms with van der Waals surface area (Å²) in [5.74, 6) is 1.24. The van der Waals surface area contributed by atoms with Gasteiger partial charge < -0.3 is 20.2 Å². The number of furan rings is 1. The highest BCUT2D eigenvalue weighted by Crippen LogP contribution is 2.21. The molecule has 2 aromatic rings. The quantitative estimate of drug-likeness (QED) is 0.658. The third kappa shape index (κ3) is 6.44. The van der Waals surface area contributed by atoms with Gasteiger partial charge in [0.1, 0.15) is 17.8 Å². The van der Waals surface area contributed by atoms with Crippen LogP contribution >= 0.6 is 12.4 Å². The molecule has 25 heavy (non-hydrogen) atoms. The maximum Gasteiger partial charge on any atom is 0.254 e. The first kappa shape index (κ1) is 21.1. The van der Waals surface area contributed by atoms with Crippen LogP contribution < -0.4 is 15.8 Å². The number of unbranched alkanes of at least 4 members (excludes halogenated alkanes) is 2. The molecular formula is C19H27ClN2O3. The molecule has 0 aliphatic rings. The number of hydrogen-bond acceptors (Lipinski definition) is 4. The SMILES string of the molecule is CCCCCOc1cc(C)ccc1CNC(=O)c1coc(CN)c1.Cl. The predicted molar refractivity (Wildman–Crippen MR) is 101 cm³/mol. The van der Waals surface area contributed by atoms with Gasteiger partial charge in [0.25, 0.3) is 5.91 Å². The van der Waals surface area contributed by atoms with E-state index in [4.69, 9.17) is 14.9 Å². The van der Waals surface area contributed by atoms with Gasteiger partial charge in [-0.25, -0.2) is 0 Å². The summed E-state index contributed by atoms with van der Waals surface area (Å²) in [6.45, 7) is 5.58. The van der Waals surface area contributed by atoms with Crippen LogP contribution in [0.4, 0.5) is 0 Å². The van der Waals surface area contributed by atoms with Gasteiger partial charge in [-0.3, -0.25) is 4.79 Å². The van der Waals surface area contributed by atoms with Gasteiger partial charge in [0, 0.05) is 12.1 Å². The van der Waals surface area contributed by atoms with Gasteiger partial charge in [-0.1, -0.05) is 31.9 Å². The summed E-state index contributed by atoms with van der Waals surface area (Å²) in [4.78, 5) is 12.2. The van der Waals surface area contributed by atoms with Crippen molar-refractivity contribution in [3.8, 4) is 5.75 Å². The maximum absolute atomic E-state index is 12.2. The van der Waals surface area contributed by atoms with Gasteiger partial charge in [0.05, 0.1) is 18.7 Å². The molecular weight excluding hydrogens is 340 g/mol. The van der Waals surface area contributed by atoms with E-state index in [0.29, 0.717) is 24.5 Å². The van der Waals surface area contributed by atoms with E-state index in [0.717, 1.165) is 36.1 Å². The number of benzene rings is 1. The molecule has 0 fully saturated rings. The van der Waals surface area contributed by atoms with E-state index in [1.807, 2.05) is 25.1 Å². The molecule has 1 amide bonds. The lowest BCUT2D eigenvalue weighted by atomic mass is 10.1. The third-order valence-electron chi connectivity index (χ3n) is 3.78. The number of nitrogens with one attached hydrogen (secondary N) is 1. The molecule has 138 valence electrons. The van der Waals surface area contributed by atoms with Crippen LogP contribution in [0.1, 0.15) is 53.4 Å². The van der Waals surface area contributed by atoms with Crippen LogP contribution in [0, 0.1) is 6.92 Å². The van der Waals surface area contributed by atoms with Crippen LogP contribution in [-0.4, -0.2) is 12.5 Å². The zero-order chi connectivity index (χ0) is 17.4. The lowest BCUT2D eigenvalue weighted by Gasteiger charge is -2.13. The fourth-order valence-corrected chi connectivity index (χ4v) is 2.36. The van der Waals surface area contributed by atoms with E-state index in [9.17, 15) is 4.79 Å². The number of nitrogens with two attached hydrogens (primary N) is 1. The maximum atomic E-state index is 12.2. The summed E-state index contributed by atoms with van der Waals surface area (Å²) in [7, 11) is 0. The molecule has 1 aromatic carbocycles.